The maximum absolute atomic E-state index is 4.46. The highest BCUT2D eigenvalue weighted by Crippen LogP contribution is 2.16. The van der Waals surface area contributed by atoms with Crippen LogP contribution in [-0.2, 0) is 0 Å². The molecule has 0 aliphatic carbocycles. The summed E-state index contributed by atoms with van der Waals surface area (Å²) in [6.45, 7) is 2.89. The van der Waals surface area contributed by atoms with E-state index in [9.17, 15) is 0 Å². The molecule has 0 amide bonds. The van der Waals surface area contributed by atoms with Crippen LogP contribution in [0.3, 0.4) is 0 Å². The SMILES string of the molecule is CCCNc1nc(-c2ccccc2)nc(-n2cncn2)n1. The molecule has 0 radical (unpaired) electrons. The Morgan fingerprint density at radius 2 is 1.95 bits per heavy atom. The van der Waals surface area contributed by atoms with Gasteiger partial charge >= 0.3 is 0 Å². The van der Waals surface area contributed by atoms with E-state index in [-0.39, 0.29) is 0 Å². The largest absolute Gasteiger partial charge is 0.354 e. The first-order chi connectivity index (χ1) is 10.4. The fourth-order valence-corrected chi connectivity index (χ4v) is 1.81. The number of anilines is 1. The molecule has 0 unspecified atom stereocenters. The molecular weight excluding hydrogens is 266 g/mol. The van der Waals surface area contributed by atoms with Gasteiger partial charge in [0.1, 0.15) is 12.7 Å². The Balaban J connectivity index is 2.05. The minimum Gasteiger partial charge on any atom is -0.354 e. The maximum Gasteiger partial charge on any atom is 0.257 e. The second-order valence-corrected chi connectivity index (χ2v) is 4.42. The van der Waals surface area contributed by atoms with E-state index in [1.54, 1.807) is 6.33 Å². The number of benzene rings is 1. The van der Waals surface area contributed by atoms with Crippen LogP contribution in [0.4, 0.5) is 5.95 Å². The predicted molar refractivity (Wildman–Crippen MR) is 79.0 cm³/mol. The van der Waals surface area contributed by atoms with Crippen LogP contribution in [0.15, 0.2) is 43.0 Å². The zero-order valence-electron chi connectivity index (χ0n) is 11.6. The lowest BCUT2D eigenvalue weighted by Gasteiger charge is -2.08. The summed E-state index contributed by atoms with van der Waals surface area (Å²) in [6, 6.07) is 9.79. The van der Waals surface area contributed by atoms with Gasteiger partial charge in [-0.2, -0.15) is 24.7 Å². The number of nitrogens with zero attached hydrogens (tertiary/aromatic N) is 6. The molecule has 7 nitrogen and oxygen atoms in total. The molecule has 1 aromatic carbocycles. The van der Waals surface area contributed by atoms with Crippen LogP contribution in [-0.4, -0.2) is 36.3 Å². The van der Waals surface area contributed by atoms with Crippen LogP contribution in [0.1, 0.15) is 13.3 Å². The van der Waals surface area contributed by atoms with Gasteiger partial charge in [-0.15, -0.1) is 0 Å². The van der Waals surface area contributed by atoms with E-state index < -0.39 is 0 Å². The first-order valence-electron chi connectivity index (χ1n) is 6.77. The monoisotopic (exact) mass is 281 g/mol. The van der Waals surface area contributed by atoms with Gasteiger partial charge in [0.05, 0.1) is 0 Å². The second kappa shape index (κ2) is 6.08. The molecule has 0 atom stereocenters. The predicted octanol–water partition coefficient (Wildman–Crippen LogP) is 1.94. The summed E-state index contributed by atoms with van der Waals surface area (Å²) in [7, 11) is 0. The zero-order valence-corrected chi connectivity index (χ0v) is 11.6. The van der Waals surface area contributed by atoms with E-state index in [1.165, 1.54) is 11.0 Å². The van der Waals surface area contributed by atoms with Crippen LogP contribution in [0.2, 0.25) is 0 Å². The van der Waals surface area contributed by atoms with Crippen LogP contribution < -0.4 is 5.32 Å². The van der Waals surface area contributed by atoms with Gasteiger partial charge in [0.15, 0.2) is 5.82 Å². The van der Waals surface area contributed by atoms with Gasteiger partial charge < -0.3 is 5.32 Å². The molecule has 0 saturated heterocycles. The molecule has 0 aliphatic rings. The van der Waals surface area contributed by atoms with Crippen LogP contribution >= 0.6 is 0 Å². The Labute approximate surface area is 122 Å². The lowest BCUT2D eigenvalue weighted by atomic mass is 10.2. The van der Waals surface area contributed by atoms with Crippen molar-refractivity contribution in [2.45, 2.75) is 13.3 Å². The summed E-state index contributed by atoms with van der Waals surface area (Å²) in [5.41, 5.74) is 0.931. The number of aromatic nitrogens is 6. The maximum atomic E-state index is 4.46. The molecule has 7 heteroatoms. The molecule has 0 spiro atoms. The van der Waals surface area contributed by atoms with E-state index in [4.69, 9.17) is 0 Å². The molecule has 1 N–H and O–H groups in total. The van der Waals surface area contributed by atoms with Crippen molar-refractivity contribution >= 4 is 5.95 Å². The Morgan fingerprint density at radius 3 is 2.67 bits per heavy atom. The Hall–Kier alpha value is -2.83. The first-order valence-corrected chi connectivity index (χ1v) is 6.77. The van der Waals surface area contributed by atoms with Crippen molar-refractivity contribution in [2.75, 3.05) is 11.9 Å². The number of rotatable bonds is 5. The van der Waals surface area contributed by atoms with Gasteiger partial charge in [0, 0.05) is 12.1 Å². The third kappa shape index (κ3) is 3.02. The average Bonchev–Trinajstić information content (AvgIpc) is 3.08. The van der Waals surface area contributed by atoms with Crippen molar-refractivity contribution in [3.63, 3.8) is 0 Å². The smallest absolute Gasteiger partial charge is 0.257 e. The average molecular weight is 281 g/mol. The molecule has 0 aliphatic heterocycles. The van der Waals surface area contributed by atoms with Crippen molar-refractivity contribution in [3.8, 4) is 17.3 Å². The van der Waals surface area contributed by atoms with E-state index in [0.29, 0.717) is 17.7 Å². The second-order valence-electron chi connectivity index (χ2n) is 4.42. The van der Waals surface area contributed by atoms with Gasteiger partial charge in [-0.05, 0) is 6.42 Å². The van der Waals surface area contributed by atoms with Gasteiger partial charge in [0.2, 0.25) is 5.95 Å². The summed E-state index contributed by atoms with van der Waals surface area (Å²) >= 11 is 0. The minimum absolute atomic E-state index is 0.444. The molecule has 0 bridgehead atoms. The van der Waals surface area contributed by atoms with E-state index >= 15 is 0 Å². The highest BCUT2D eigenvalue weighted by Gasteiger charge is 2.10. The van der Waals surface area contributed by atoms with Crippen molar-refractivity contribution in [1.82, 2.24) is 29.7 Å². The summed E-state index contributed by atoms with van der Waals surface area (Å²) in [5.74, 6) is 1.59. The highest BCUT2D eigenvalue weighted by molar-refractivity contribution is 5.56. The molecule has 0 saturated carbocycles. The van der Waals surface area contributed by atoms with E-state index in [0.717, 1.165) is 18.5 Å². The Bertz CT molecular complexity index is 695. The van der Waals surface area contributed by atoms with Crippen molar-refractivity contribution < 1.29 is 0 Å². The summed E-state index contributed by atoms with van der Waals surface area (Å²) < 4.78 is 1.52. The zero-order chi connectivity index (χ0) is 14.5. The Morgan fingerprint density at radius 1 is 1.10 bits per heavy atom. The topological polar surface area (TPSA) is 81.4 Å². The number of hydrogen-bond acceptors (Lipinski definition) is 6. The molecule has 21 heavy (non-hydrogen) atoms. The molecular formula is C14H15N7. The summed E-state index contributed by atoms with van der Waals surface area (Å²) in [5, 5.41) is 7.25. The third-order valence-electron chi connectivity index (χ3n) is 2.81. The van der Waals surface area contributed by atoms with Crippen LogP contribution in [0, 0.1) is 0 Å². The van der Waals surface area contributed by atoms with E-state index in [2.05, 4.69) is 37.3 Å². The van der Waals surface area contributed by atoms with E-state index in [1.807, 2.05) is 30.3 Å². The quantitative estimate of drug-likeness (QED) is 0.769. The third-order valence-corrected chi connectivity index (χ3v) is 2.81. The molecule has 3 rings (SSSR count). The van der Waals surface area contributed by atoms with Crippen molar-refractivity contribution in [2.24, 2.45) is 0 Å². The normalized spacial score (nSPS) is 10.5. The number of nitrogens with one attached hydrogen (secondary N) is 1. The van der Waals surface area contributed by atoms with Gasteiger partial charge in [-0.1, -0.05) is 37.3 Å². The summed E-state index contributed by atoms with van der Waals surface area (Å²) in [6.07, 6.45) is 4.00. The lowest BCUT2D eigenvalue weighted by molar-refractivity contribution is 0.794. The lowest BCUT2D eigenvalue weighted by Crippen LogP contribution is -2.11. The Kier molecular flexibility index (Phi) is 3.81. The van der Waals surface area contributed by atoms with Gasteiger partial charge in [0.25, 0.3) is 5.95 Å². The standard InChI is InChI=1S/C14H15N7/c1-2-8-16-13-18-12(11-6-4-3-5-7-11)19-14(20-13)21-10-15-9-17-21/h3-7,9-10H,2,8H2,1H3,(H,16,18,19,20). The van der Waals surface area contributed by atoms with Crippen LogP contribution in [0.25, 0.3) is 17.3 Å². The fraction of sp³-hybridized carbons (Fsp3) is 0.214. The molecule has 2 heterocycles. The van der Waals surface area contributed by atoms with Crippen molar-refractivity contribution in [1.29, 1.82) is 0 Å². The molecule has 0 fully saturated rings. The van der Waals surface area contributed by atoms with Crippen molar-refractivity contribution in [3.05, 3.63) is 43.0 Å². The molecule has 3 aromatic rings. The molecule has 2 aromatic heterocycles. The summed E-state index contributed by atoms with van der Waals surface area (Å²) in [4.78, 5) is 17.2. The highest BCUT2D eigenvalue weighted by atomic mass is 15.4. The minimum atomic E-state index is 0.444. The fourth-order valence-electron chi connectivity index (χ4n) is 1.81. The number of hydrogen-bond donors (Lipinski definition) is 1. The molecule has 106 valence electrons. The van der Waals surface area contributed by atoms with Gasteiger partial charge in [-0.3, -0.25) is 0 Å². The first kappa shape index (κ1) is 13.2. The van der Waals surface area contributed by atoms with Gasteiger partial charge in [-0.25, -0.2) is 4.98 Å². The van der Waals surface area contributed by atoms with Crippen LogP contribution in [0.5, 0.6) is 0 Å².